The summed E-state index contributed by atoms with van der Waals surface area (Å²) >= 11 is 6.25. The van der Waals surface area contributed by atoms with E-state index in [4.69, 9.17) is 11.6 Å². The minimum atomic E-state index is -0.424. The Morgan fingerprint density at radius 1 is 0.812 bits per heavy atom. The van der Waals surface area contributed by atoms with Crippen LogP contribution in [0.25, 0.3) is 38.9 Å². The first kappa shape index (κ1) is 20.0. The van der Waals surface area contributed by atoms with Crippen LogP contribution < -0.4 is 5.56 Å². The molecule has 1 heterocycles. The fourth-order valence-corrected chi connectivity index (χ4v) is 4.14. The van der Waals surface area contributed by atoms with Crippen LogP contribution in [0.5, 0.6) is 0 Å². The molecule has 0 radical (unpaired) electrons. The molecule has 0 atom stereocenters. The zero-order valence-corrected chi connectivity index (χ0v) is 17.8. The van der Waals surface area contributed by atoms with Crippen LogP contribution in [-0.4, -0.2) is 10.8 Å². The molecule has 3 nitrogen and oxygen atoms in total. The van der Waals surface area contributed by atoms with Crippen molar-refractivity contribution in [2.45, 2.75) is 0 Å². The van der Waals surface area contributed by atoms with E-state index in [0.717, 1.165) is 27.3 Å². The first-order valence-electron chi connectivity index (χ1n) is 10.2. The zero-order valence-electron chi connectivity index (χ0n) is 17.0. The topological polar surface area (TPSA) is 49.9 Å². The molecule has 0 bridgehead atoms. The van der Waals surface area contributed by atoms with E-state index in [1.807, 2.05) is 72.8 Å². The summed E-state index contributed by atoms with van der Waals surface area (Å²) in [5, 5.41) is 3.48. The fraction of sp³-hybridized carbons (Fsp3) is 0. The van der Waals surface area contributed by atoms with Crippen molar-refractivity contribution in [1.29, 1.82) is 0 Å². The maximum Gasteiger partial charge on any atom is 0.260 e. The molecule has 0 aliphatic carbocycles. The smallest absolute Gasteiger partial charge is 0.260 e. The van der Waals surface area contributed by atoms with Gasteiger partial charge in [0.15, 0.2) is 5.78 Å². The summed E-state index contributed by atoms with van der Waals surface area (Å²) in [6.07, 6.45) is 3.20. The van der Waals surface area contributed by atoms with E-state index in [0.29, 0.717) is 16.1 Å². The maximum absolute atomic E-state index is 13.3. The normalized spacial score (nSPS) is 11.4. The standard InChI is InChI=1S/C28H18ClNO2/c29-22-13-14-24-23(17-22)26(20-7-2-1-3-8-20)27(28(32)30-24)25(31)15-11-18-10-12-19-6-4-5-9-21(19)16-18/h1-17H,(H,30,32)/b15-11+. The zero-order chi connectivity index (χ0) is 22.1. The van der Waals surface area contributed by atoms with Crippen molar-refractivity contribution >= 4 is 45.1 Å². The highest BCUT2D eigenvalue weighted by molar-refractivity contribution is 6.31. The van der Waals surface area contributed by atoms with Gasteiger partial charge in [-0.05, 0) is 52.2 Å². The lowest BCUT2D eigenvalue weighted by Crippen LogP contribution is -2.18. The number of pyridine rings is 1. The number of allylic oxidation sites excluding steroid dienone is 1. The summed E-state index contributed by atoms with van der Waals surface area (Å²) in [5.74, 6) is -0.361. The second kappa shape index (κ2) is 8.29. The molecular weight excluding hydrogens is 418 g/mol. The van der Waals surface area contributed by atoms with Crippen LogP contribution in [-0.2, 0) is 0 Å². The number of benzene rings is 4. The second-order valence-electron chi connectivity index (χ2n) is 7.56. The molecule has 4 heteroatoms. The van der Waals surface area contributed by atoms with Gasteiger partial charge in [0.1, 0.15) is 0 Å². The largest absolute Gasteiger partial charge is 0.321 e. The summed E-state index contributed by atoms with van der Waals surface area (Å²) in [5.41, 5.74) is 2.56. The van der Waals surface area contributed by atoms with Gasteiger partial charge in [-0.3, -0.25) is 9.59 Å². The SMILES string of the molecule is O=C(/C=C/c1ccc2ccccc2c1)c1c(-c2ccccc2)c2cc(Cl)ccc2[nH]c1=O. The van der Waals surface area contributed by atoms with E-state index >= 15 is 0 Å². The number of carbonyl (C=O) groups excluding carboxylic acids is 1. The van der Waals surface area contributed by atoms with E-state index in [1.165, 1.54) is 6.08 Å². The minimum absolute atomic E-state index is 0.100. The number of fused-ring (bicyclic) bond motifs is 2. The number of hydrogen-bond acceptors (Lipinski definition) is 2. The summed E-state index contributed by atoms with van der Waals surface area (Å²) in [7, 11) is 0. The minimum Gasteiger partial charge on any atom is -0.321 e. The Morgan fingerprint density at radius 2 is 1.56 bits per heavy atom. The van der Waals surface area contributed by atoms with Crippen LogP contribution >= 0.6 is 11.6 Å². The van der Waals surface area contributed by atoms with Crippen LogP contribution in [0.1, 0.15) is 15.9 Å². The van der Waals surface area contributed by atoms with Gasteiger partial charge in [0.05, 0.1) is 5.56 Å². The molecule has 0 unspecified atom stereocenters. The van der Waals surface area contributed by atoms with Crippen molar-refractivity contribution in [3.63, 3.8) is 0 Å². The van der Waals surface area contributed by atoms with Gasteiger partial charge in [-0.25, -0.2) is 0 Å². The van der Waals surface area contributed by atoms with Gasteiger partial charge >= 0.3 is 0 Å². The molecule has 0 saturated heterocycles. The summed E-state index contributed by atoms with van der Waals surface area (Å²) in [6.45, 7) is 0. The Kier molecular flexibility index (Phi) is 5.18. The second-order valence-corrected chi connectivity index (χ2v) is 8.00. The third-order valence-electron chi connectivity index (χ3n) is 5.49. The van der Waals surface area contributed by atoms with Gasteiger partial charge in [-0.2, -0.15) is 0 Å². The summed E-state index contributed by atoms with van der Waals surface area (Å²) in [4.78, 5) is 29.1. The lowest BCUT2D eigenvalue weighted by atomic mass is 9.94. The Morgan fingerprint density at radius 3 is 2.38 bits per heavy atom. The van der Waals surface area contributed by atoms with Crippen LogP contribution in [0.3, 0.4) is 0 Å². The molecule has 0 aliphatic heterocycles. The Bertz CT molecular complexity index is 1570. The Balaban J connectivity index is 1.65. The lowest BCUT2D eigenvalue weighted by molar-refractivity contribution is 0.104. The van der Waals surface area contributed by atoms with Crippen molar-refractivity contribution in [2.75, 3.05) is 0 Å². The third kappa shape index (κ3) is 3.75. The highest BCUT2D eigenvalue weighted by atomic mass is 35.5. The van der Waals surface area contributed by atoms with Crippen LogP contribution in [0.2, 0.25) is 5.02 Å². The predicted molar refractivity (Wildman–Crippen MR) is 132 cm³/mol. The number of carbonyl (C=O) groups is 1. The van der Waals surface area contributed by atoms with E-state index in [9.17, 15) is 9.59 Å². The molecule has 4 aromatic carbocycles. The van der Waals surface area contributed by atoms with Crippen LogP contribution in [0, 0.1) is 0 Å². The van der Waals surface area contributed by atoms with Crippen molar-refractivity contribution in [2.24, 2.45) is 0 Å². The van der Waals surface area contributed by atoms with Gasteiger partial charge in [0, 0.05) is 21.5 Å². The Labute approximate surface area is 189 Å². The first-order chi connectivity index (χ1) is 15.6. The fourth-order valence-electron chi connectivity index (χ4n) is 3.97. The maximum atomic E-state index is 13.3. The molecule has 32 heavy (non-hydrogen) atoms. The number of rotatable bonds is 4. The molecule has 1 N–H and O–H groups in total. The van der Waals surface area contributed by atoms with E-state index in [-0.39, 0.29) is 11.3 Å². The predicted octanol–water partition coefficient (Wildman–Crippen LogP) is 6.90. The van der Waals surface area contributed by atoms with Crippen molar-refractivity contribution in [1.82, 2.24) is 4.98 Å². The van der Waals surface area contributed by atoms with E-state index < -0.39 is 5.56 Å². The summed E-state index contributed by atoms with van der Waals surface area (Å²) in [6, 6.07) is 28.7. The highest BCUT2D eigenvalue weighted by Crippen LogP contribution is 2.31. The number of aromatic amines is 1. The van der Waals surface area contributed by atoms with Crippen LogP contribution in [0.15, 0.2) is 102 Å². The molecular formula is C28H18ClNO2. The monoisotopic (exact) mass is 435 g/mol. The van der Waals surface area contributed by atoms with Crippen molar-refractivity contribution in [3.8, 4) is 11.1 Å². The molecule has 0 spiro atoms. The number of nitrogens with one attached hydrogen (secondary N) is 1. The summed E-state index contributed by atoms with van der Waals surface area (Å²) < 4.78 is 0. The molecule has 0 aliphatic rings. The number of H-pyrrole nitrogens is 1. The Hall–Kier alpha value is -3.95. The lowest BCUT2D eigenvalue weighted by Gasteiger charge is -2.11. The first-order valence-corrected chi connectivity index (χ1v) is 10.6. The molecule has 5 aromatic rings. The average molecular weight is 436 g/mol. The van der Waals surface area contributed by atoms with Crippen molar-refractivity contribution in [3.05, 3.63) is 124 Å². The number of hydrogen-bond donors (Lipinski definition) is 1. The van der Waals surface area contributed by atoms with E-state index in [1.54, 1.807) is 24.3 Å². The van der Waals surface area contributed by atoms with Gasteiger partial charge in [-0.15, -0.1) is 0 Å². The van der Waals surface area contributed by atoms with Crippen molar-refractivity contribution < 1.29 is 4.79 Å². The molecule has 0 amide bonds. The number of ketones is 1. The number of halogens is 1. The van der Waals surface area contributed by atoms with Gasteiger partial charge in [0.2, 0.25) is 0 Å². The molecule has 1 aromatic heterocycles. The van der Waals surface area contributed by atoms with Crippen LogP contribution in [0.4, 0.5) is 0 Å². The van der Waals surface area contributed by atoms with E-state index in [2.05, 4.69) is 4.98 Å². The molecule has 5 rings (SSSR count). The number of aromatic nitrogens is 1. The van der Waals surface area contributed by atoms with Gasteiger partial charge < -0.3 is 4.98 Å². The van der Waals surface area contributed by atoms with Gasteiger partial charge in [-0.1, -0.05) is 84.4 Å². The quantitative estimate of drug-likeness (QED) is 0.246. The average Bonchev–Trinajstić information content (AvgIpc) is 2.82. The molecule has 0 fully saturated rings. The third-order valence-corrected chi connectivity index (χ3v) is 5.72. The molecule has 0 saturated carbocycles. The van der Waals surface area contributed by atoms with Gasteiger partial charge in [0.25, 0.3) is 5.56 Å². The molecule has 154 valence electrons. The highest BCUT2D eigenvalue weighted by Gasteiger charge is 2.19.